The number of rotatable bonds is 6. The molecule has 1 aliphatic rings. The molecule has 0 radical (unpaired) electrons. The van der Waals surface area contributed by atoms with Gasteiger partial charge in [-0.25, -0.2) is 4.79 Å². The molecule has 2 aromatic rings. The van der Waals surface area contributed by atoms with E-state index in [0.29, 0.717) is 11.1 Å². The normalized spacial score (nSPS) is 14.0. The van der Waals surface area contributed by atoms with Gasteiger partial charge in [0.15, 0.2) is 0 Å². The molecule has 1 amide bonds. The molecule has 0 atom stereocenters. The van der Waals surface area contributed by atoms with E-state index in [2.05, 4.69) is 10.2 Å². The molecular weight excluding hydrogens is 344 g/mol. The van der Waals surface area contributed by atoms with E-state index in [-0.39, 0.29) is 18.1 Å². The second-order valence-electron chi connectivity index (χ2n) is 6.63. The van der Waals surface area contributed by atoms with Crippen molar-refractivity contribution in [2.24, 2.45) is 0 Å². The number of hydrogen-bond donors (Lipinski definition) is 2. The Kier molecular flexibility index (Phi) is 6.08. The Morgan fingerprint density at radius 1 is 1.11 bits per heavy atom. The minimum Gasteiger partial charge on any atom is -0.478 e. The number of carboxylic acid groups (broad SMARTS) is 1. The fourth-order valence-electron chi connectivity index (χ4n) is 3.40. The van der Waals surface area contributed by atoms with Crippen LogP contribution in [-0.2, 0) is 11.3 Å². The molecule has 0 spiro atoms. The van der Waals surface area contributed by atoms with Gasteiger partial charge in [-0.2, -0.15) is 0 Å². The molecule has 0 aromatic heterocycles. The fraction of sp³-hybridized carbons (Fsp3) is 0.333. The maximum Gasteiger partial charge on any atom is 0.336 e. The van der Waals surface area contributed by atoms with Gasteiger partial charge in [-0.05, 0) is 55.2 Å². The van der Waals surface area contributed by atoms with Crippen molar-refractivity contribution >= 4 is 23.3 Å². The zero-order chi connectivity index (χ0) is 19.2. The summed E-state index contributed by atoms with van der Waals surface area (Å²) in [4.78, 5) is 26.4. The third kappa shape index (κ3) is 4.46. The average Bonchev–Trinajstić information content (AvgIpc) is 2.69. The first-order chi connectivity index (χ1) is 13.1. The molecule has 1 fully saturated rings. The summed E-state index contributed by atoms with van der Waals surface area (Å²) in [6.45, 7) is 2.10. The number of ether oxygens (including phenoxy) is 1. The number of aromatic carboxylic acids is 1. The molecule has 2 aromatic carbocycles. The Morgan fingerprint density at radius 2 is 1.85 bits per heavy atom. The first-order valence-corrected chi connectivity index (χ1v) is 9.10. The number of carbonyl (C=O) groups excluding carboxylic acids is 1. The molecule has 2 N–H and O–H groups in total. The van der Waals surface area contributed by atoms with Crippen molar-refractivity contribution in [2.45, 2.75) is 25.9 Å². The maximum absolute atomic E-state index is 12.8. The van der Waals surface area contributed by atoms with Gasteiger partial charge in [-0.15, -0.1) is 0 Å². The quantitative estimate of drug-likeness (QED) is 0.811. The highest BCUT2D eigenvalue weighted by Gasteiger charge is 2.18. The standard InChI is InChI=1S/C21H24N2O4/c1-27-14-16-13-15(9-10-17(16)21(25)26)20(24)22-18-7-3-4-8-19(18)23-11-5-2-6-12-23/h3-4,7-10,13H,2,5-6,11-12,14H2,1H3,(H,22,24)(H,25,26). The minimum absolute atomic E-state index is 0.132. The molecule has 1 aliphatic heterocycles. The summed E-state index contributed by atoms with van der Waals surface area (Å²) < 4.78 is 5.07. The molecule has 0 aliphatic carbocycles. The molecule has 6 heteroatoms. The van der Waals surface area contributed by atoms with Crippen LogP contribution in [0.25, 0.3) is 0 Å². The summed E-state index contributed by atoms with van der Waals surface area (Å²) in [5.74, 6) is -1.31. The van der Waals surface area contributed by atoms with Crippen molar-refractivity contribution in [1.82, 2.24) is 0 Å². The van der Waals surface area contributed by atoms with Gasteiger partial charge in [0.25, 0.3) is 5.91 Å². The summed E-state index contributed by atoms with van der Waals surface area (Å²) in [5, 5.41) is 12.2. The summed E-state index contributed by atoms with van der Waals surface area (Å²) >= 11 is 0. The SMILES string of the molecule is COCc1cc(C(=O)Nc2ccccc2N2CCCCC2)ccc1C(=O)O. The smallest absolute Gasteiger partial charge is 0.336 e. The van der Waals surface area contributed by atoms with E-state index in [4.69, 9.17) is 4.74 Å². The molecule has 6 nitrogen and oxygen atoms in total. The Morgan fingerprint density at radius 3 is 2.56 bits per heavy atom. The van der Waals surface area contributed by atoms with Gasteiger partial charge >= 0.3 is 5.97 Å². The number of amides is 1. The lowest BCUT2D eigenvalue weighted by Gasteiger charge is -2.30. The lowest BCUT2D eigenvalue weighted by atomic mass is 10.0. The van der Waals surface area contributed by atoms with Crippen molar-refractivity contribution in [3.05, 3.63) is 59.2 Å². The number of nitrogens with one attached hydrogen (secondary N) is 1. The van der Waals surface area contributed by atoms with Gasteiger partial charge in [0.05, 0.1) is 23.5 Å². The number of nitrogens with zero attached hydrogens (tertiary/aromatic N) is 1. The summed E-state index contributed by atoms with van der Waals surface area (Å²) in [7, 11) is 1.49. The highest BCUT2D eigenvalue weighted by atomic mass is 16.5. The molecule has 142 valence electrons. The zero-order valence-electron chi connectivity index (χ0n) is 15.4. The van der Waals surface area contributed by atoms with Crippen LogP contribution in [-0.4, -0.2) is 37.2 Å². The molecule has 0 unspecified atom stereocenters. The number of piperidine rings is 1. The Labute approximate surface area is 158 Å². The Hall–Kier alpha value is -2.86. The number of carbonyl (C=O) groups is 2. The first kappa shape index (κ1) is 18.9. The van der Waals surface area contributed by atoms with Gasteiger partial charge < -0.3 is 20.1 Å². The van der Waals surface area contributed by atoms with Crippen molar-refractivity contribution in [3.63, 3.8) is 0 Å². The molecule has 1 saturated heterocycles. The molecule has 0 bridgehead atoms. The minimum atomic E-state index is -1.04. The van der Waals surface area contributed by atoms with Crippen molar-refractivity contribution in [2.75, 3.05) is 30.4 Å². The lowest BCUT2D eigenvalue weighted by molar-refractivity contribution is 0.0691. The first-order valence-electron chi connectivity index (χ1n) is 9.10. The topological polar surface area (TPSA) is 78.9 Å². The van der Waals surface area contributed by atoms with Crippen LogP contribution in [0.3, 0.4) is 0 Å². The van der Waals surface area contributed by atoms with Crippen LogP contribution in [0.2, 0.25) is 0 Å². The van der Waals surface area contributed by atoms with Crippen LogP contribution in [0.15, 0.2) is 42.5 Å². The third-order valence-corrected chi connectivity index (χ3v) is 4.75. The summed E-state index contributed by atoms with van der Waals surface area (Å²) in [5.41, 5.74) is 2.80. The van der Waals surface area contributed by atoms with Crippen LogP contribution in [0.1, 0.15) is 45.5 Å². The van der Waals surface area contributed by atoms with Gasteiger partial charge in [0.1, 0.15) is 0 Å². The van der Waals surface area contributed by atoms with Gasteiger partial charge in [0, 0.05) is 25.8 Å². The summed E-state index contributed by atoms with van der Waals surface area (Å²) in [6.07, 6.45) is 3.54. The number of methoxy groups -OCH3 is 1. The fourth-order valence-corrected chi connectivity index (χ4v) is 3.40. The van der Waals surface area contributed by atoms with Crippen LogP contribution in [0.5, 0.6) is 0 Å². The molecular formula is C21H24N2O4. The molecule has 27 heavy (non-hydrogen) atoms. The molecule has 3 rings (SSSR count). The monoisotopic (exact) mass is 368 g/mol. The van der Waals surface area contributed by atoms with Gasteiger partial charge in [-0.1, -0.05) is 12.1 Å². The summed E-state index contributed by atoms with van der Waals surface area (Å²) in [6, 6.07) is 12.3. The van der Waals surface area contributed by atoms with Crippen molar-refractivity contribution in [3.8, 4) is 0 Å². The highest BCUT2D eigenvalue weighted by molar-refractivity contribution is 6.06. The molecule has 0 saturated carbocycles. The highest BCUT2D eigenvalue weighted by Crippen LogP contribution is 2.28. The predicted molar refractivity (Wildman–Crippen MR) is 105 cm³/mol. The number of anilines is 2. The predicted octanol–water partition coefficient (Wildman–Crippen LogP) is 3.77. The third-order valence-electron chi connectivity index (χ3n) is 4.75. The van der Waals surface area contributed by atoms with E-state index in [1.165, 1.54) is 25.7 Å². The largest absolute Gasteiger partial charge is 0.478 e. The Balaban J connectivity index is 1.83. The van der Waals surface area contributed by atoms with E-state index in [1.807, 2.05) is 24.3 Å². The van der Waals surface area contributed by atoms with E-state index in [0.717, 1.165) is 37.3 Å². The molecule has 1 heterocycles. The van der Waals surface area contributed by atoms with Crippen molar-refractivity contribution in [1.29, 1.82) is 0 Å². The van der Waals surface area contributed by atoms with Crippen molar-refractivity contribution < 1.29 is 19.4 Å². The van der Waals surface area contributed by atoms with Gasteiger partial charge in [-0.3, -0.25) is 4.79 Å². The second-order valence-corrected chi connectivity index (χ2v) is 6.63. The van der Waals surface area contributed by atoms with Gasteiger partial charge in [0.2, 0.25) is 0 Å². The average molecular weight is 368 g/mol. The number of carboxylic acids is 1. The second kappa shape index (κ2) is 8.68. The van der Waals surface area contributed by atoms with Crippen LogP contribution in [0.4, 0.5) is 11.4 Å². The van der Waals surface area contributed by atoms with E-state index in [1.54, 1.807) is 6.07 Å². The van der Waals surface area contributed by atoms with Crippen LogP contribution in [0, 0.1) is 0 Å². The number of para-hydroxylation sites is 2. The van der Waals surface area contributed by atoms with Crippen LogP contribution >= 0.6 is 0 Å². The Bertz CT molecular complexity index is 829. The van der Waals surface area contributed by atoms with Crippen LogP contribution < -0.4 is 10.2 Å². The maximum atomic E-state index is 12.8. The van der Waals surface area contributed by atoms with E-state index >= 15 is 0 Å². The number of hydrogen-bond acceptors (Lipinski definition) is 4. The number of benzene rings is 2. The van der Waals surface area contributed by atoms with E-state index in [9.17, 15) is 14.7 Å². The lowest BCUT2D eigenvalue weighted by Crippen LogP contribution is -2.30. The zero-order valence-corrected chi connectivity index (χ0v) is 15.4. The van der Waals surface area contributed by atoms with E-state index < -0.39 is 5.97 Å².